The van der Waals surface area contributed by atoms with Crippen molar-refractivity contribution in [1.29, 1.82) is 0 Å². The molecule has 1 aliphatic rings. The average Bonchev–Trinajstić information content (AvgIpc) is 3.90. The van der Waals surface area contributed by atoms with Crippen molar-refractivity contribution < 1.29 is 8.83 Å². The Morgan fingerprint density at radius 3 is 1.89 bits per heavy atom. The maximum absolute atomic E-state index is 6.67. The van der Waals surface area contributed by atoms with E-state index in [4.69, 9.17) is 18.8 Å². The zero-order valence-corrected chi connectivity index (χ0v) is 44.8. The number of dihydropyridines is 1. The molecule has 8 heteroatoms. The highest BCUT2D eigenvalue weighted by atomic mass is 32.1. The first-order valence-corrected chi connectivity index (χ1v) is 28.4. The largest absolute Gasteiger partial charge is 0.456 e. The van der Waals surface area contributed by atoms with Crippen LogP contribution >= 0.6 is 11.3 Å². The summed E-state index contributed by atoms with van der Waals surface area (Å²) in [5.41, 5.74) is 21.5. The van der Waals surface area contributed by atoms with E-state index in [9.17, 15) is 0 Å². The van der Waals surface area contributed by atoms with Gasteiger partial charge < -0.3 is 14.2 Å². The number of thiophene rings is 1. The van der Waals surface area contributed by atoms with Crippen LogP contribution in [0.3, 0.4) is 0 Å². The van der Waals surface area contributed by atoms with Gasteiger partial charge in [-0.2, -0.15) is 0 Å². The number of furan rings is 2. The fraction of sp³-hybridized carbons (Fsp3) is 0.0135. The second-order valence-corrected chi connectivity index (χ2v) is 22.1. The van der Waals surface area contributed by atoms with Crippen LogP contribution < -0.4 is 5.32 Å². The summed E-state index contributed by atoms with van der Waals surface area (Å²) in [4.78, 5) is 14.9. The molecule has 1 N–H and O–H groups in total. The average molecular weight is 1070 g/mol. The van der Waals surface area contributed by atoms with E-state index in [1.54, 1.807) is 0 Å². The quantitative estimate of drug-likeness (QED) is 0.163. The molecule has 16 aromatic rings. The number of para-hydroxylation sites is 2. The van der Waals surface area contributed by atoms with Gasteiger partial charge in [0.25, 0.3) is 0 Å². The molecule has 17 rings (SSSR count). The molecule has 0 fully saturated rings. The summed E-state index contributed by atoms with van der Waals surface area (Å²) in [6.45, 7) is 0.786. The molecule has 0 aliphatic carbocycles. The Labute approximate surface area is 474 Å². The van der Waals surface area contributed by atoms with Crippen LogP contribution in [-0.4, -0.2) is 26.1 Å². The van der Waals surface area contributed by atoms with E-state index in [2.05, 4.69) is 227 Å². The minimum atomic E-state index is 0.786. The second kappa shape index (κ2) is 18.5. The topological polar surface area (TPSA) is 81.9 Å². The van der Waals surface area contributed by atoms with Gasteiger partial charge in [-0.25, -0.2) is 9.97 Å². The van der Waals surface area contributed by atoms with Gasteiger partial charge in [0.05, 0.1) is 5.69 Å². The molecule has 8 heterocycles. The lowest BCUT2D eigenvalue weighted by atomic mass is 9.91. The predicted molar refractivity (Wildman–Crippen MR) is 339 cm³/mol. The Hall–Kier alpha value is -10.7. The summed E-state index contributed by atoms with van der Waals surface area (Å²) < 4.78 is 18.0. The summed E-state index contributed by atoms with van der Waals surface area (Å²) >= 11 is 1.86. The van der Waals surface area contributed by atoms with Crippen LogP contribution in [0.25, 0.3) is 164 Å². The van der Waals surface area contributed by atoms with E-state index in [-0.39, 0.29) is 0 Å². The number of aromatic nitrogens is 4. The zero-order chi connectivity index (χ0) is 53.8. The monoisotopic (exact) mass is 1070 g/mol. The highest BCUT2D eigenvalue weighted by Gasteiger charge is 2.23. The first-order chi connectivity index (χ1) is 40.6. The molecule has 7 aromatic heterocycles. The van der Waals surface area contributed by atoms with Gasteiger partial charge in [-0.15, -0.1) is 11.3 Å². The Balaban J connectivity index is 0.809. The molecule has 0 radical (unpaired) electrons. The van der Waals surface area contributed by atoms with E-state index < -0.39 is 0 Å². The maximum atomic E-state index is 6.67. The van der Waals surface area contributed by atoms with E-state index in [0.29, 0.717) is 0 Å². The molecule has 0 bridgehead atoms. The van der Waals surface area contributed by atoms with Crippen molar-refractivity contribution in [2.45, 2.75) is 0 Å². The molecule has 0 saturated carbocycles. The van der Waals surface area contributed by atoms with Gasteiger partial charge in [0.1, 0.15) is 33.6 Å². The van der Waals surface area contributed by atoms with Crippen molar-refractivity contribution in [3.05, 3.63) is 261 Å². The van der Waals surface area contributed by atoms with E-state index >= 15 is 0 Å². The fourth-order valence-electron chi connectivity index (χ4n) is 12.6. The molecule has 0 unspecified atom stereocenters. The predicted octanol–water partition coefficient (Wildman–Crippen LogP) is 19.6. The molecule has 7 nitrogen and oxygen atoms in total. The number of fused-ring (bicyclic) bond motifs is 12. The van der Waals surface area contributed by atoms with Gasteiger partial charge in [0, 0.05) is 122 Å². The van der Waals surface area contributed by atoms with Crippen molar-refractivity contribution in [1.82, 2.24) is 24.8 Å². The number of pyridine rings is 3. The van der Waals surface area contributed by atoms with Gasteiger partial charge >= 0.3 is 0 Å². The van der Waals surface area contributed by atoms with Crippen LogP contribution in [0.15, 0.2) is 264 Å². The lowest BCUT2D eigenvalue weighted by Crippen LogP contribution is -2.14. The van der Waals surface area contributed by atoms with Crippen molar-refractivity contribution in [2.24, 2.45) is 0 Å². The lowest BCUT2D eigenvalue weighted by molar-refractivity contribution is 0.669. The highest BCUT2D eigenvalue weighted by Crippen LogP contribution is 2.49. The van der Waals surface area contributed by atoms with Gasteiger partial charge in [0.15, 0.2) is 0 Å². The smallest absolute Gasteiger partial charge is 0.146 e. The molecular weight excluding hydrogens is 1020 g/mol. The van der Waals surface area contributed by atoms with E-state index in [1.165, 1.54) is 36.9 Å². The maximum Gasteiger partial charge on any atom is 0.146 e. The first-order valence-electron chi connectivity index (χ1n) is 27.6. The normalized spacial score (nSPS) is 12.7. The zero-order valence-electron chi connectivity index (χ0n) is 44.0. The number of allylic oxidation sites excluding steroid dienone is 2. The van der Waals surface area contributed by atoms with Crippen LogP contribution in [0.5, 0.6) is 0 Å². The molecule has 384 valence electrons. The second-order valence-electron chi connectivity index (χ2n) is 21.0. The first kappa shape index (κ1) is 46.3. The van der Waals surface area contributed by atoms with E-state index in [0.717, 1.165) is 140 Å². The number of hydrogen-bond donors (Lipinski definition) is 1. The number of hydrogen-bond acceptors (Lipinski definition) is 7. The minimum absolute atomic E-state index is 0.786. The number of rotatable bonds is 8. The number of nitrogens with zero attached hydrogens (tertiary/aromatic N) is 4. The fourth-order valence-corrected chi connectivity index (χ4v) is 13.9. The Kier molecular flexibility index (Phi) is 10.4. The van der Waals surface area contributed by atoms with Crippen molar-refractivity contribution in [3.8, 4) is 72.6 Å². The van der Waals surface area contributed by atoms with Crippen LogP contribution in [0, 0.1) is 0 Å². The molecule has 9 aromatic carbocycles. The molecule has 1 aliphatic heterocycles. The Bertz CT molecular complexity index is 5370. The highest BCUT2D eigenvalue weighted by molar-refractivity contribution is 7.27. The summed E-state index contributed by atoms with van der Waals surface area (Å²) in [7, 11) is 0. The molecule has 0 atom stereocenters. The van der Waals surface area contributed by atoms with Gasteiger partial charge in [-0.05, 0) is 124 Å². The molecular formula is C74H45N5O2S. The molecule has 0 amide bonds. The lowest BCUT2D eigenvalue weighted by Gasteiger charge is -2.17. The molecule has 82 heavy (non-hydrogen) atoms. The van der Waals surface area contributed by atoms with Crippen LogP contribution in [0.4, 0.5) is 0 Å². The minimum Gasteiger partial charge on any atom is -0.456 e. The number of benzene rings is 9. The third-order valence-corrected chi connectivity index (χ3v) is 17.7. The third-order valence-electron chi connectivity index (χ3n) is 16.4. The van der Waals surface area contributed by atoms with Gasteiger partial charge in [-0.3, -0.25) is 9.55 Å². The van der Waals surface area contributed by atoms with Crippen LogP contribution in [-0.2, 0) is 0 Å². The number of nitrogens with one attached hydrogen (secondary N) is 1. The standard InChI is InChI=1S/C74H45N5O2S/c1-3-19-52(65-27-7-9-34-75-65)50(17-1)47-40-60(72-63(41-47)58-25-13-24-57(71(58)82-72)56-23-12-22-55-54-21-5-6-29-67(54)81-70(55)56)46-31-33-69-62(39-46)61-38-45(30-32-68(61)80-69)44-15-11-16-49(37-44)79-73-59(26-14-36-77-73)64-42-48(43-78-74(64)79)51-18-2-4-20-53(51)66-28-8-10-35-76-66/h1-33,35-43,75H,34H2. The summed E-state index contributed by atoms with van der Waals surface area (Å²) in [6, 6.07) is 77.9. The Morgan fingerprint density at radius 2 is 1.04 bits per heavy atom. The summed E-state index contributed by atoms with van der Waals surface area (Å²) in [6.07, 6.45) is 12.1. The van der Waals surface area contributed by atoms with Gasteiger partial charge in [-0.1, -0.05) is 146 Å². The summed E-state index contributed by atoms with van der Waals surface area (Å²) in [5, 5.41) is 12.5. The third kappa shape index (κ3) is 7.32. The van der Waals surface area contributed by atoms with E-state index in [1.807, 2.05) is 54.2 Å². The van der Waals surface area contributed by atoms with Crippen LogP contribution in [0.1, 0.15) is 5.56 Å². The van der Waals surface area contributed by atoms with Crippen LogP contribution in [0.2, 0.25) is 0 Å². The van der Waals surface area contributed by atoms with Crippen molar-refractivity contribution in [2.75, 3.05) is 6.54 Å². The van der Waals surface area contributed by atoms with Gasteiger partial charge in [0.2, 0.25) is 0 Å². The molecule has 0 saturated heterocycles. The van der Waals surface area contributed by atoms with Crippen molar-refractivity contribution >= 4 is 103 Å². The molecule has 0 spiro atoms. The summed E-state index contributed by atoms with van der Waals surface area (Å²) in [5.74, 6) is 0. The van der Waals surface area contributed by atoms with Crippen molar-refractivity contribution in [3.63, 3.8) is 0 Å². The Morgan fingerprint density at radius 1 is 0.390 bits per heavy atom. The SMILES string of the molecule is C1=CCNC(c2ccccc2-c2cc(-c3ccc4oc5ccc(-c6cccc(-n7c8ncccc8c8cc(-c9ccccc9-c9ccccn9)cnc87)c6)cc5c4c3)c3sc4c(-c5cccc6c5oc5ccccc56)cccc4c3c2)=C1.